The van der Waals surface area contributed by atoms with E-state index in [1.807, 2.05) is 31.4 Å². The lowest BCUT2D eigenvalue weighted by Crippen LogP contribution is -2.26. The summed E-state index contributed by atoms with van der Waals surface area (Å²) in [7, 11) is 1.83. The molecule has 0 radical (unpaired) electrons. The molecule has 4 aromatic rings. The topological polar surface area (TPSA) is 75.0 Å². The molecule has 154 valence electrons. The molecule has 0 atom stereocenters. The third kappa shape index (κ3) is 4.59. The third-order valence-corrected chi connectivity index (χ3v) is 5.35. The summed E-state index contributed by atoms with van der Waals surface area (Å²) in [6, 6.07) is 16.5. The summed E-state index contributed by atoms with van der Waals surface area (Å²) in [5.41, 5.74) is 4.63. The predicted molar refractivity (Wildman–Crippen MR) is 116 cm³/mol. The first-order chi connectivity index (χ1) is 14.6. The number of fused-ring (bicyclic) bond motifs is 1. The number of aryl methyl sites for hydroxylation is 2. The van der Waals surface area contributed by atoms with E-state index in [1.54, 1.807) is 4.90 Å². The van der Waals surface area contributed by atoms with Crippen LogP contribution in [0.25, 0.3) is 10.9 Å². The van der Waals surface area contributed by atoms with Gasteiger partial charge in [-0.2, -0.15) is 0 Å². The van der Waals surface area contributed by atoms with Gasteiger partial charge in [0, 0.05) is 43.5 Å². The summed E-state index contributed by atoms with van der Waals surface area (Å²) in [6.07, 6.45) is 4.34. The van der Waals surface area contributed by atoms with Crippen molar-refractivity contribution in [2.75, 3.05) is 7.05 Å². The highest BCUT2D eigenvalue weighted by molar-refractivity contribution is 5.83. The number of H-pyrrole nitrogens is 1. The molecule has 1 N–H and O–H groups in total. The first kappa shape index (κ1) is 19.9. The highest BCUT2D eigenvalue weighted by Crippen LogP contribution is 2.20. The van der Waals surface area contributed by atoms with E-state index in [4.69, 9.17) is 4.42 Å². The number of aromatic amines is 1. The van der Waals surface area contributed by atoms with Gasteiger partial charge in [-0.15, -0.1) is 10.2 Å². The van der Waals surface area contributed by atoms with Crippen molar-refractivity contribution < 1.29 is 9.21 Å². The van der Waals surface area contributed by atoms with Crippen LogP contribution in [0.15, 0.2) is 59.1 Å². The molecule has 2 heterocycles. The van der Waals surface area contributed by atoms with Crippen molar-refractivity contribution in [3.63, 3.8) is 0 Å². The molecular formula is C24H26N4O2. The second-order valence-corrected chi connectivity index (χ2v) is 7.55. The molecule has 6 nitrogen and oxygen atoms in total. The summed E-state index contributed by atoms with van der Waals surface area (Å²) in [4.78, 5) is 17.5. The molecule has 0 saturated carbocycles. The number of nitrogens with zero attached hydrogens (tertiary/aromatic N) is 3. The smallest absolute Gasteiger partial charge is 0.223 e. The molecule has 0 aliphatic rings. The Bertz CT molecular complexity index is 1130. The van der Waals surface area contributed by atoms with Crippen LogP contribution in [0.2, 0.25) is 0 Å². The maximum Gasteiger partial charge on any atom is 0.223 e. The van der Waals surface area contributed by atoms with Gasteiger partial charge in [0.15, 0.2) is 0 Å². The van der Waals surface area contributed by atoms with Crippen LogP contribution < -0.4 is 0 Å². The monoisotopic (exact) mass is 402 g/mol. The van der Waals surface area contributed by atoms with E-state index < -0.39 is 0 Å². The van der Waals surface area contributed by atoms with Gasteiger partial charge in [0.1, 0.15) is 0 Å². The van der Waals surface area contributed by atoms with E-state index in [0.29, 0.717) is 37.6 Å². The third-order valence-electron chi connectivity index (χ3n) is 5.35. The van der Waals surface area contributed by atoms with Crippen molar-refractivity contribution in [1.29, 1.82) is 0 Å². The highest BCUT2D eigenvalue weighted by Gasteiger charge is 2.14. The normalized spacial score (nSPS) is 11.1. The average Bonchev–Trinajstić information content (AvgIpc) is 3.40. The Hall–Kier alpha value is -3.41. The Balaban J connectivity index is 1.30. The zero-order valence-electron chi connectivity index (χ0n) is 17.4. The van der Waals surface area contributed by atoms with E-state index in [2.05, 4.69) is 52.4 Å². The van der Waals surface area contributed by atoms with Crippen molar-refractivity contribution >= 4 is 16.8 Å². The summed E-state index contributed by atoms with van der Waals surface area (Å²) in [5.74, 6) is 1.12. The molecule has 0 fully saturated rings. The van der Waals surface area contributed by atoms with Gasteiger partial charge in [-0.3, -0.25) is 4.79 Å². The van der Waals surface area contributed by atoms with E-state index in [1.165, 1.54) is 5.56 Å². The van der Waals surface area contributed by atoms with Gasteiger partial charge in [-0.25, -0.2) is 0 Å². The Morgan fingerprint density at radius 3 is 2.57 bits per heavy atom. The molecule has 4 rings (SSSR count). The van der Waals surface area contributed by atoms with Crippen LogP contribution in [0.3, 0.4) is 0 Å². The molecule has 6 heteroatoms. The van der Waals surface area contributed by atoms with Crippen LogP contribution in [-0.4, -0.2) is 33.0 Å². The second kappa shape index (κ2) is 8.95. The zero-order chi connectivity index (χ0) is 20.9. The van der Waals surface area contributed by atoms with Crippen LogP contribution >= 0.6 is 0 Å². The van der Waals surface area contributed by atoms with E-state index in [0.717, 1.165) is 28.5 Å². The molecule has 0 unspecified atom stereocenters. The molecule has 2 aromatic carbocycles. The van der Waals surface area contributed by atoms with Gasteiger partial charge in [0.05, 0.1) is 6.42 Å². The number of carbonyl (C=O) groups excluding carboxylic acids is 1. The SMILES string of the molecule is CCc1ccc(CN(C)C(=O)CCc2nnc(Cc3c[nH]c4ccccc34)o2)cc1. The maximum atomic E-state index is 12.5. The summed E-state index contributed by atoms with van der Waals surface area (Å²) < 4.78 is 5.77. The van der Waals surface area contributed by atoms with E-state index in [9.17, 15) is 4.79 Å². The molecule has 30 heavy (non-hydrogen) atoms. The molecular weight excluding hydrogens is 376 g/mol. The number of hydrogen-bond acceptors (Lipinski definition) is 4. The Kier molecular flexibility index (Phi) is 5.93. The van der Waals surface area contributed by atoms with Crippen molar-refractivity contribution in [2.24, 2.45) is 0 Å². The minimum Gasteiger partial charge on any atom is -0.425 e. The Morgan fingerprint density at radius 2 is 1.77 bits per heavy atom. The minimum absolute atomic E-state index is 0.0611. The van der Waals surface area contributed by atoms with Crippen LogP contribution in [0.5, 0.6) is 0 Å². The quantitative estimate of drug-likeness (QED) is 0.477. The molecule has 1 amide bonds. The minimum atomic E-state index is 0.0611. The number of nitrogens with one attached hydrogen (secondary N) is 1. The van der Waals surface area contributed by atoms with Gasteiger partial charge in [-0.1, -0.05) is 49.4 Å². The van der Waals surface area contributed by atoms with Crippen molar-refractivity contribution in [3.05, 3.63) is 83.2 Å². The second-order valence-electron chi connectivity index (χ2n) is 7.55. The predicted octanol–water partition coefficient (Wildman–Crippen LogP) is 4.30. The molecule has 2 aromatic heterocycles. The van der Waals surface area contributed by atoms with Crippen LogP contribution in [-0.2, 0) is 30.6 Å². The summed E-state index contributed by atoms with van der Waals surface area (Å²) in [5, 5.41) is 9.42. The molecule has 0 aliphatic heterocycles. The Labute approximate surface area is 175 Å². The number of rotatable bonds is 8. The van der Waals surface area contributed by atoms with Crippen LogP contribution in [0.1, 0.15) is 41.8 Å². The number of amides is 1. The van der Waals surface area contributed by atoms with E-state index in [-0.39, 0.29) is 5.91 Å². The summed E-state index contributed by atoms with van der Waals surface area (Å²) in [6.45, 7) is 2.73. The van der Waals surface area contributed by atoms with E-state index >= 15 is 0 Å². The fourth-order valence-corrected chi connectivity index (χ4v) is 3.55. The maximum absolute atomic E-state index is 12.5. The highest BCUT2D eigenvalue weighted by atomic mass is 16.4. The van der Waals surface area contributed by atoms with Gasteiger partial charge < -0.3 is 14.3 Å². The number of carbonyl (C=O) groups is 1. The standard InChI is InChI=1S/C24H26N4O2/c1-3-17-8-10-18(11-9-17)16-28(2)24(29)13-12-22-26-27-23(30-22)14-19-15-25-21-7-5-4-6-20(19)21/h4-11,15,25H,3,12-14,16H2,1-2H3. The lowest BCUT2D eigenvalue weighted by Gasteiger charge is -2.17. The number of hydrogen-bond donors (Lipinski definition) is 1. The zero-order valence-corrected chi connectivity index (χ0v) is 17.4. The average molecular weight is 402 g/mol. The molecule has 0 bridgehead atoms. The van der Waals surface area contributed by atoms with Gasteiger partial charge >= 0.3 is 0 Å². The van der Waals surface area contributed by atoms with Crippen molar-refractivity contribution in [2.45, 2.75) is 39.2 Å². The fourth-order valence-electron chi connectivity index (χ4n) is 3.55. The lowest BCUT2D eigenvalue weighted by atomic mass is 10.1. The molecule has 0 spiro atoms. The van der Waals surface area contributed by atoms with Gasteiger partial charge in [0.25, 0.3) is 0 Å². The molecule has 0 aliphatic carbocycles. The Morgan fingerprint density at radius 1 is 1.03 bits per heavy atom. The van der Waals surface area contributed by atoms with Crippen molar-refractivity contribution in [3.8, 4) is 0 Å². The number of aromatic nitrogens is 3. The van der Waals surface area contributed by atoms with Crippen molar-refractivity contribution in [1.82, 2.24) is 20.1 Å². The fraction of sp³-hybridized carbons (Fsp3) is 0.292. The molecule has 0 saturated heterocycles. The number of para-hydroxylation sites is 1. The van der Waals surface area contributed by atoms with Crippen LogP contribution in [0, 0.1) is 0 Å². The van der Waals surface area contributed by atoms with Gasteiger partial charge in [-0.05, 0) is 29.2 Å². The largest absolute Gasteiger partial charge is 0.425 e. The first-order valence-corrected chi connectivity index (χ1v) is 10.3. The summed E-state index contributed by atoms with van der Waals surface area (Å²) >= 11 is 0. The van der Waals surface area contributed by atoms with Gasteiger partial charge in [0.2, 0.25) is 17.7 Å². The van der Waals surface area contributed by atoms with Crippen LogP contribution in [0.4, 0.5) is 0 Å². The number of benzene rings is 2. The first-order valence-electron chi connectivity index (χ1n) is 10.3. The lowest BCUT2D eigenvalue weighted by molar-refractivity contribution is -0.130.